The summed E-state index contributed by atoms with van der Waals surface area (Å²) >= 11 is 0. The molecule has 0 heterocycles. The molecule has 0 unspecified atom stereocenters. The molecule has 0 spiro atoms. The topological polar surface area (TPSA) is 27.1 Å². The van der Waals surface area contributed by atoms with Gasteiger partial charge in [-0.3, -0.25) is 5.41 Å². The quantitative estimate of drug-likeness (QED) is 0.603. The van der Waals surface area contributed by atoms with Crippen molar-refractivity contribution in [1.29, 1.82) is 5.41 Å². The van der Waals surface area contributed by atoms with Crippen LogP contribution in [0.4, 0.5) is 5.69 Å². The second-order valence-corrected chi connectivity index (χ2v) is 5.11. The molecule has 1 aromatic rings. The maximum Gasteiger partial charge on any atom is 0.103 e. The summed E-state index contributed by atoms with van der Waals surface area (Å²) in [5.74, 6) is 1.25. The van der Waals surface area contributed by atoms with E-state index < -0.39 is 0 Å². The van der Waals surface area contributed by atoms with Crippen LogP contribution < -0.4 is 4.90 Å². The second-order valence-electron chi connectivity index (χ2n) is 5.11. The summed E-state index contributed by atoms with van der Waals surface area (Å²) in [4.78, 5) is 2.04. The molecule has 1 saturated carbocycles. The predicted octanol–water partition coefficient (Wildman–Crippen LogP) is 3.99. The van der Waals surface area contributed by atoms with Crippen LogP contribution >= 0.6 is 0 Å². The molecule has 0 amide bonds. The predicted molar refractivity (Wildman–Crippen MR) is 73.9 cm³/mol. The molecule has 1 fully saturated rings. The largest absolute Gasteiger partial charge is 0.333 e. The number of anilines is 1. The molecule has 0 aliphatic heterocycles. The van der Waals surface area contributed by atoms with Crippen molar-refractivity contribution in [2.45, 2.75) is 39.0 Å². The fraction of sp³-hybridized carbons (Fsp3) is 0.533. The van der Waals surface area contributed by atoms with Crippen LogP contribution in [-0.4, -0.2) is 12.9 Å². The number of hydrogen-bond donors (Lipinski definition) is 1. The Morgan fingerprint density at radius 2 is 1.71 bits per heavy atom. The van der Waals surface area contributed by atoms with Crippen molar-refractivity contribution >= 4 is 11.5 Å². The summed E-state index contributed by atoms with van der Waals surface area (Å²) in [5, 5.41) is 8.31. The van der Waals surface area contributed by atoms with Gasteiger partial charge >= 0.3 is 0 Å². The van der Waals surface area contributed by atoms with Crippen LogP contribution in [0.3, 0.4) is 0 Å². The molecular weight excluding hydrogens is 208 g/mol. The number of aryl methyl sites for hydroxylation is 1. The summed E-state index contributed by atoms with van der Waals surface area (Å²) in [6.45, 7) is 2.09. The van der Waals surface area contributed by atoms with Crippen molar-refractivity contribution < 1.29 is 0 Å². The average molecular weight is 230 g/mol. The van der Waals surface area contributed by atoms with Crippen molar-refractivity contribution in [1.82, 2.24) is 0 Å². The van der Waals surface area contributed by atoms with Gasteiger partial charge in [-0.1, -0.05) is 37.0 Å². The normalized spacial score (nSPS) is 16.8. The van der Waals surface area contributed by atoms with Gasteiger partial charge in [0.15, 0.2) is 0 Å². The van der Waals surface area contributed by atoms with Gasteiger partial charge in [-0.2, -0.15) is 0 Å². The Labute approximate surface area is 104 Å². The van der Waals surface area contributed by atoms with E-state index in [-0.39, 0.29) is 0 Å². The molecule has 1 aliphatic carbocycles. The number of benzene rings is 1. The Morgan fingerprint density at radius 1 is 1.12 bits per heavy atom. The fourth-order valence-electron chi connectivity index (χ4n) is 2.56. The van der Waals surface area contributed by atoms with Gasteiger partial charge in [-0.25, -0.2) is 0 Å². The van der Waals surface area contributed by atoms with Crippen LogP contribution in [0.2, 0.25) is 0 Å². The molecule has 17 heavy (non-hydrogen) atoms. The zero-order chi connectivity index (χ0) is 12.3. The molecule has 92 valence electrons. The molecule has 0 radical (unpaired) electrons. The van der Waals surface area contributed by atoms with Crippen molar-refractivity contribution in [2.24, 2.45) is 5.92 Å². The smallest absolute Gasteiger partial charge is 0.103 e. The molecule has 2 rings (SSSR count). The van der Waals surface area contributed by atoms with E-state index in [0.717, 1.165) is 11.5 Å². The molecule has 2 nitrogen and oxygen atoms in total. The maximum absolute atomic E-state index is 8.31. The van der Waals surface area contributed by atoms with Gasteiger partial charge in [0.2, 0.25) is 0 Å². The molecular formula is C15H22N2. The molecule has 1 aliphatic rings. The highest BCUT2D eigenvalue weighted by Crippen LogP contribution is 2.27. The Balaban J connectivity index is 2.05. The van der Waals surface area contributed by atoms with Crippen LogP contribution in [0, 0.1) is 18.3 Å². The summed E-state index contributed by atoms with van der Waals surface area (Å²) in [5.41, 5.74) is 2.40. The van der Waals surface area contributed by atoms with Gasteiger partial charge in [-0.15, -0.1) is 0 Å². The first-order valence-corrected chi connectivity index (χ1v) is 6.57. The number of nitrogens with one attached hydrogen (secondary N) is 1. The molecule has 2 heteroatoms. The molecule has 1 N–H and O–H groups in total. The number of hydrogen-bond acceptors (Lipinski definition) is 1. The van der Waals surface area contributed by atoms with Gasteiger partial charge < -0.3 is 4.90 Å². The van der Waals surface area contributed by atoms with Crippen molar-refractivity contribution in [3.05, 3.63) is 29.8 Å². The van der Waals surface area contributed by atoms with Crippen LogP contribution in [0.5, 0.6) is 0 Å². The second kappa shape index (κ2) is 5.35. The first-order valence-electron chi connectivity index (χ1n) is 6.57. The molecule has 0 aromatic heterocycles. The standard InChI is InChI=1S/C15H22N2/c1-12-8-10-14(11-9-12)17(2)15(16)13-6-4-3-5-7-13/h8-11,13,16H,3-7H2,1-2H3. The zero-order valence-electron chi connectivity index (χ0n) is 10.9. The van der Waals surface area contributed by atoms with E-state index in [0.29, 0.717) is 5.92 Å². The van der Waals surface area contributed by atoms with E-state index in [1.165, 1.54) is 37.7 Å². The lowest BCUT2D eigenvalue weighted by Gasteiger charge is -2.29. The van der Waals surface area contributed by atoms with E-state index in [4.69, 9.17) is 5.41 Å². The highest BCUT2D eigenvalue weighted by Gasteiger charge is 2.21. The van der Waals surface area contributed by atoms with E-state index >= 15 is 0 Å². The highest BCUT2D eigenvalue weighted by atomic mass is 15.1. The van der Waals surface area contributed by atoms with Crippen LogP contribution in [0.25, 0.3) is 0 Å². The third-order valence-electron chi connectivity index (χ3n) is 3.77. The SMILES string of the molecule is Cc1ccc(N(C)C(=N)C2CCCCC2)cc1. The fourth-order valence-corrected chi connectivity index (χ4v) is 2.56. The minimum Gasteiger partial charge on any atom is -0.333 e. The van der Waals surface area contributed by atoms with Crippen LogP contribution in [0.1, 0.15) is 37.7 Å². The van der Waals surface area contributed by atoms with Gasteiger partial charge in [0.1, 0.15) is 5.84 Å². The number of nitrogens with zero attached hydrogens (tertiary/aromatic N) is 1. The van der Waals surface area contributed by atoms with E-state index in [9.17, 15) is 0 Å². The molecule has 0 bridgehead atoms. The van der Waals surface area contributed by atoms with E-state index in [1.54, 1.807) is 0 Å². The first kappa shape index (κ1) is 12.2. The first-order chi connectivity index (χ1) is 8.18. The average Bonchev–Trinajstić information content (AvgIpc) is 2.39. The van der Waals surface area contributed by atoms with Crippen molar-refractivity contribution in [3.63, 3.8) is 0 Å². The third kappa shape index (κ3) is 2.87. The van der Waals surface area contributed by atoms with Crippen molar-refractivity contribution in [2.75, 3.05) is 11.9 Å². The molecule has 0 saturated heterocycles. The lowest BCUT2D eigenvalue weighted by Crippen LogP contribution is -2.33. The Morgan fingerprint density at radius 3 is 2.29 bits per heavy atom. The van der Waals surface area contributed by atoms with Gasteiger partial charge in [0.25, 0.3) is 0 Å². The summed E-state index contributed by atoms with van der Waals surface area (Å²) in [6.07, 6.45) is 6.30. The van der Waals surface area contributed by atoms with Gasteiger partial charge in [0.05, 0.1) is 0 Å². The van der Waals surface area contributed by atoms with E-state index in [2.05, 4.69) is 31.2 Å². The van der Waals surface area contributed by atoms with E-state index in [1.807, 2.05) is 11.9 Å². The highest BCUT2D eigenvalue weighted by molar-refractivity contribution is 5.96. The molecule has 1 aromatic carbocycles. The lowest BCUT2D eigenvalue weighted by atomic mass is 9.88. The maximum atomic E-state index is 8.31. The third-order valence-corrected chi connectivity index (χ3v) is 3.77. The summed E-state index contributed by atoms with van der Waals surface area (Å²) in [6, 6.07) is 8.43. The van der Waals surface area contributed by atoms with Crippen LogP contribution in [0.15, 0.2) is 24.3 Å². The summed E-state index contributed by atoms with van der Waals surface area (Å²) < 4.78 is 0. The minimum atomic E-state index is 0.468. The molecule has 0 atom stereocenters. The van der Waals surface area contributed by atoms with Crippen LogP contribution in [-0.2, 0) is 0 Å². The van der Waals surface area contributed by atoms with Gasteiger partial charge in [-0.05, 0) is 31.9 Å². The number of amidine groups is 1. The Bertz CT molecular complexity index is 374. The summed E-state index contributed by atoms with van der Waals surface area (Å²) in [7, 11) is 2.02. The lowest BCUT2D eigenvalue weighted by molar-refractivity contribution is 0.435. The van der Waals surface area contributed by atoms with Gasteiger partial charge in [0, 0.05) is 18.7 Å². The monoisotopic (exact) mass is 230 g/mol. The Hall–Kier alpha value is -1.31. The Kier molecular flexibility index (Phi) is 3.82. The van der Waals surface area contributed by atoms with Crippen molar-refractivity contribution in [3.8, 4) is 0 Å². The number of rotatable bonds is 2. The minimum absolute atomic E-state index is 0.468. The zero-order valence-corrected chi connectivity index (χ0v) is 10.9.